The average Bonchev–Trinajstić information content (AvgIpc) is 3.30. The van der Waals surface area contributed by atoms with Gasteiger partial charge < -0.3 is 10.1 Å². The fourth-order valence-corrected chi connectivity index (χ4v) is 2.80. The van der Waals surface area contributed by atoms with Crippen molar-refractivity contribution < 1.29 is 9.53 Å². The van der Waals surface area contributed by atoms with Crippen molar-refractivity contribution in [2.75, 3.05) is 20.7 Å². The van der Waals surface area contributed by atoms with E-state index in [0.717, 1.165) is 3.57 Å². The summed E-state index contributed by atoms with van der Waals surface area (Å²) in [5.74, 6) is 0.394. The molecule has 1 N–H and O–H groups in total. The number of benzene rings is 1. The van der Waals surface area contributed by atoms with Crippen molar-refractivity contribution >= 4 is 40.1 Å². The number of carbonyl (C=O) groups excluding carboxylic acids is 1. The van der Waals surface area contributed by atoms with Gasteiger partial charge in [0.05, 0.1) is 17.7 Å². The first kappa shape index (κ1) is 16.8. The lowest BCUT2D eigenvalue weighted by molar-refractivity contribution is 0.0936. The number of halogens is 2. The topological polar surface area (TPSA) is 41.6 Å². The Morgan fingerprint density at radius 1 is 1.57 bits per heavy atom. The number of carbonyl (C=O) groups is 1. The van der Waals surface area contributed by atoms with E-state index in [0.29, 0.717) is 35.0 Å². The van der Waals surface area contributed by atoms with E-state index >= 15 is 0 Å². The SMILES string of the molecule is COc1cc(I)c(Cl)cc1C(=O)NCC(C)N(C)C1CC1. The Morgan fingerprint density at radius 2 is 2.24 bits per heavy atom. The molecule has 1 aliphatic carbocycles. The van der Waals surface area contributed by atoms with Crippen LogP contribution in [-0.4, -0.2) is 43.6 Å². The zero-order chi connectivity index (χ0) is 15.6. The molecule has 0 spiro atoms. The third kappa shape index (κ3) is 4.23. The highest BCUT2D eigenvalue weighted by molar-refractivity contribution is 14.1. The molecular formula is C15H20ClIN2O2. The second kappa shape index (κ2) is 7.15. The Bertz CT molecular complexity index is 535. The fourth-order valence-electron chi connectivity index (χ4n) is 2.20. The third-order valence-corrected chi connectivity index (χ3v) is 5.39. The second-order valence-electron chi connectivity index (χ2n) is 5.42. The van der Waals surface area contributed by atoms with Gasteiger partial charge in [-0.25, -0.2) is 0 Å². The van der Waals surface area contributed by atoms with Crippen LogP contribution in [0.4, 0.5) is 0 Å². The molecule has 0 bridgehead atoms. The summed E-state index contributed by atoms with van der Waals surface area (Å²) >= 11 is 8.22. The summed E-state index contributed by atoms with van der Waals surface area (Å²) in [7, 11) is 3.66. The predicted octanol–water partition coefficient (Wildman–Crippen LogP) is 3.17. The van der Waals surface area contributed by atoms with Crippen molar-refractivity contribution in [1.82, 2.24) is 10.2 Å². The van der Waals surface area contributed by atoms with E-state index in [4.69, 9.17) is 16.3 Å². The molecule has 0 saturated heterocycles. The van der Waals surface area contributed by atoms with Gasteiger partial charge in [-0.3, -0.25) is 9.69 Å². The fraction of sp³-hybridized carbons (Fsp3) is 0.533. The highest BCUT2D eigenvalue weighted by Crippen LogP contribution is 2.28. The van der Waals surface area contributed by atoms with Crippen LogP contribution >= 0.6 is 34.2 Å². The lowest BCUT2D eigenvalue weighted by Gasteiger charge is -2.24. The molecule has 116 valence electrons. The number of nitrogens with one attached hydrogen (secondary N) is 1. The molecule has 2 rings (SSSR count). The van der Waals surface area contributed by atoms with Crippen LogP contribution in [-0.2, 0) is 0 Å². The van der Waals surface area contributed by atoms with E-state index in [9.17, 15) is 4.79 Å². The normalized spacial score (nSPS) is 15.9. The highest BCUT2D eigenvalue weighted by atomic mass is 127. The first-order chi connectivity index (χ1) is 9.93. The van der Waals surface area contributed by atoms with Crippen LogP contribution in [0.5, 0.6) is 5.75 Å². The minimum atomic E-state index is -0.152. The zero-order valence-electron chi connectivity index (χ0n) is 12.5. The van der Waals surface area contributed by atoms with Crippen molar-refractivity contribution in [2.24, 2.45) is 0 Å². The largest absolute Gasteiger partial charge is 0.496 e. The molecule has 6 heteroatoms. The molecule has 0 heterocycles. The molecule has 4 nitrogen and oxygen atoms in total. The summed E-state index contributed by atoms with van der Waals surface area (Å²) in [6, 6.07) is 4.43. The smallest absolute Gasteiger partial charge is 0.255 e. The van der Waals surface area contributed by atoms with Gasteiger partial charge in [0.25, 0.3) is 5.91 Å². The predicted molar refractivity (Wildman–Crippen MR) is 93.3 cm³/mol. The Labute approximate surface area is 144 Å². The molecular weight excluding hydrogens is 403 g/mol. The van der Waals surface area contributed by atoms with Crippen molar-refractivity contribution in [2.45, 2.75) is 31.8 Å². The van der Waals surface area contributed by atoms with Crippen LogP contribution in [0.1, 0.15) is 30.1 Å². The average molecular weight is 423 g/mol. The summed E-state index contributed by atoms with van der Waals surface area (Å²) < 4.78 is 6.14. The minimum Gasteiger partial charge on any atom is -0.496 e. The molecule has 1 amide bonds. The van der Waals surface area contributed by atoms with Gasteiger partial charge >= 0.3 is 0 Å². The molecule has 1 aliphatic rings. The summed E-state index contributed by atoms with van der Waals surface area (Å²) in [6.45, 7) is 2.73. The molecule has 0 radical (unpaired) electrons. The first-order valence-corrected chi connectivity index (χ1v) is 8.43. The van der Waals surface area contributed by atoms with Gasteiger partial charge in [-0.05, 0) is 61.5 Å². The highest BCUT2D eigenvalue weighted by Gasteiger charge is 2.29. The minimum absolute atomic E-state index is 0.152. The van der Waals surface area contributed by atoms with Gasteiger partial charge in [0, 0.05) is 22.2 Å². The van der Waals surface area contributed by atoms with Gasteiger partial charge in [-0.1, -0.05) is 11.6 Å². The van der Waals surface area contributed by atoms with Gasteiger partial charge in [0.15, 0.2) is 0 Å². The first-order valence-electron chi connectivity index (χ1n) is 6.97. The number of rotatable bonds is 6. The summed E-state index contributed by atoms with van der Waals surface area (Å²) in [5.41, 5.74) is 0.476. The maximum Gasteiger partial charge on any atom is 0.255 e. The van der Waals surface area contributed by atoms with Crippen molar-refractivity contribution in [1.29, 1.82) is 0 Å². The Hall–Kier alpha value is -0.530. The summed E-state index contributed by atoms with van der Waals surface area (Å²) in [4.78, 5) is 14.6. The van der Waals surface area contributed by atoms with Gasteiger partial charge in [0.2, 0.25) is 0 Å². The molecule has 1 atom stereocenters. The molecule has 1 fully saturated rings. The van der Waals surface area contributed by atoms with Gasteiger partial charge in [0.1, 0.15) is 5.75 Å². The Balaban J connectivity index is 2.01. The molecule has 1 saturated carbocycles. The number of methoxy groups -OCH3 is 1. The van der Waals surface area contributed by atoms with Gasteiger partial charge in [-0.15, -0.1) is 0 Å². The number of hydrogen-bond acceptors (Lipinski definition) is 3. The van der Waals surface area contributed by atoms with Crippen LogP contribution < -0.4 is 10.1 Å². The molecule has 1 aromatic rings. The van der Waals surface area contributed by atoms with Crippen molar-refractivity contribution in [3.63, 3.8) is 0 Å². The lowest BCUT2D eigenvalue weighted by Crippen LogP contribution is -2.41. The van der Waals surface area contributed by atoms with E-state index in [1.165, 1.54) is 12.8 Å². The summed E-state index contributed by atoms with van der Waals surface area (Å²) in [6.07, 6.45) is 2.52. The van der Waals surface area contributed by atoms with Crippen LogP contribution in [0.25, 0.3) is 0 Å². The van der Waals surface area contributed by atoms with Crippen molar-refractivity contribution in [3.8, 4) is 5.75 Å². The third-order valence-electron chi connectivity index (χ3n) is 3.86. The number of amides is 1. The van der Waals surface area contributed by atoms with Gasteiger partial charge in [-0.2, -0.15) is 0 Å². The molecule has 0 aromatic heterocycles. The maximum atomic E-state index is 12.3. The van der Waals surface area contributed by atoms with Crippen molar-refractivity contribution in [3.05, 3.63) is 26.3 Å². The maximum absolute atomic E-state index is 12.3. The van der Waals surface area contributed by atoms with E-state index in [1.54, 1.807) is 19.2 Å². The Morgan fingerprint density at radius 3 is 2.81 bits per heavy atom. The Kier molecular flexibility index (Phi) is 5.73. The molecule has 0 aliphatic heterocycles. The van der Waals surface area contributed by atoms with E-state index in [-0.39, 0.29) is 5.91 Å². The van der Waals surface area contributed by atoms with Crippen LogP contribution in [0.15, 0.2) is 12.1 Å². The summed E-state index contributed by atoms with van der Waals surface area (Å²) in [5, 5.41) is 3.52. The lowest BCUT2D eigenvalue weighted by atomic mass is 10.2. The van der Waals surface area contributed by atoms with Crippen LogP contribution in [0, 0.1) is 3.57 Å². The monoisotopic (exact) mass is 422 g/mol. The zero-order valence-corrected chi connectivity index (χ0v) is 15.4. The number of likely N-dealkylation sites (N-methyl/N-ethyl adjacent to an activating group) is 1. The number of nitrogens with zero attached hydrogens (tertiary/aromatic N) is 1. The molecule has 1 aromatic carbocycles. The second-order valence-corrected chi connectivity index (χ2v) is 6.99. The quantitative estimate of drug-likeness (QED) is 0.716. The standard InChI is InChI=1S/C15H20ClIN2O2/c1-9(19(2)10-4-5-10)8-18-15(20)11-6-12(16)13(17)7-14(11)21-3/h6-7,9-10H,4-5,8H2,1-3H3,(H,18,20). The molecule has 21 heavy (non-hydrogen) atoms. The van der Waals surface area contributed by atoms with Crippen LogP contribution in [0.3, 0.4) is 0 Å². The van der Waals surface area contributed by atoms with E-state index in [2.05, 4.69) is 46.8 Å². The van der Waals surface area contributed by atoms with E-state index < -0.39 is 0 Å². The van der Waals surface area contributed by atoms with Crippen LogP contribution in [0.2, 0.25) is 5.02 Å². The van der Waals surface area contributed by atoms with E-state index in [1.807, 2.05) is 0 Å². The number of ether oxygens (including phenoxy) is 1. The molecule has 1 unspecified atom stereocenters. The number of hydrogen-bond donors (Lipinski definition) is 1.